The molecule has 1 unspecified atom stereocenters. The second-order valence-corrected chi connectivity index (χ2v) is 19.2. The van der Waals surface area contributed by atoms with Gasteiger partial charge in [0.15, 0.2) is 6.10 Å². The van der Waals surface area contributed by atoms with E-state index < -0.39 is 6.10 Å². The van der Waals surface area contributed by atoms with E-state index in [9.17, 15) is 14.4 Å². The molecular weight excluding hydrogens is 841 g/mol. The van der Waals surface area contributed by atoms with Gasteiger partial charge in [0.25, 0.3) is 0 Å². The zero-order valence-corrected chi connectivity index (χ0v) is 44.9. The Labute approximate surface area is 421 Å². The molecule has 0 bridgehead atoms. The van der Waals surface area contributed by atoms with Crippen LogP contribution in [-0.4, -0.2) is 37.2 Å². The Bertz CT molecular complexity index is 1270. The number of unbranched alkanes of at least 4 members (excludes halogenated alkanes) is 29. The van der Waals surface area contributed by atoms with Crippen molar-refractivity contribution >= 4 is 17.9 Å². The fourth-order valence-corrected chi connectivity index (χ4v) is 8.15. The minimum atomic E-state index is -0.782. The monoisotopic (exact) mass is 949 g/mol. The molecule has 0 N–H and O–H groups in total. The van der Waals surface area contributed by atoms with Gasteiger partial charge < -0.3 is 14.2 Å². The molecular formula is C62H108O6. The van der Waals surface area contributed by atoms with Crippen LogP contribution in [0.25, 0.3) is 0 Å². The Balaban J connectivity index is 4.37. The lowest BCUT2D eigenvalue weighted by molar-refractivity contribution is -0.167. The summed E-state index contributed by atoms with van der Waals surface area (Å²) >= 11 is 0. The van der Waals surface area contributed by atoms with Crippen LogP contribution < -0.4 is 0 Å². The van der Waals surface area contributed by atoms with Gasteiger partial charge in [0.05, 0.1) is 0 Å². The first kappa shape index (κ1) is 64.8. The van der Waals surface area contributed by atoms with E-state index in [0.29, 0.717) is 19.3 Å². The van der Waals surface area contributed by atoms with Crippen molar-refractivity contribution in [3.63, 3.8) is 0 Å². The van der Waals surface area contributed by atoms with Crippen molar-refractivity contribution in [1.82, 2.24) is 0 Å². The Hall–Kier alpha value is -3.15. The second kappa shape index (κ2) is 56.4. The summed E-state index contributed by atoms with van der Waals surface area (Å²) in [5, 5.41) is 0. The number of rotatable bonds is 52. The quantitative estimate of drug-likeness (QED) is 0.0262. The smallest absolute Gasteiger partial charge is 0.306 e. The van der Waals surface area contributed by atoms with Crippen LogP contribution in [0.1, 0.15) is 284 Å². The van der Waals surface area contributed by atoms with E-state index in [-0.39, 0.29) is 31.1 Å². The van der Waals surface area contributed by atoms with Gasteiger partial charge in [0, 0.05) is 19.3 Å². The van der Waals surface area contributed by atoms with E-state index in [4.69, 9.17) is 14.2 Å². The van der Waals surface area contributed by atoms with Gasteiger partial charge in [-0.05, 0) is 70.6 Å². The van der Waals surface area contributed by atoms with Crippen molar-refractivity contribution in [3.8, 4) is 0 Å². The van der Waals surface area contributed by atoms with E-state index in [2.05, 4.69) is 93.7 Å². The Morgan fingerprint density at radius 3 is 0.897 bits per heavy atom. The summed E-state index contributed by atoms with van der Waals surface area (Å²) in [6.45, 7) is 6.53. The van der Waals surface area contributed by atoms with Crippen LogP contribution in [0.15, 0.2) is 72.9 Å². The lowest BCUT2D eigenvalue weighted by Crippen LogP contribution is -2.30. The fourth-order valence-electron chi connectivity index (χ4n) is 8.15. The fraction of sp³-hybridized carbons (Fsp3) is 0.758. The minimum absolute atomic E-state index is 0.0798. The normalized spacial score (nSPS) is 12.6. The molecule has 0 saturated heterocycles. The number of ether oxygens (including phenoxy) is 3. The number of allylic oxidation sites excluding steroid dienone is 12. The average Bonchev–Trinajstić information content (AvgIpc) is 3.34. The number of hydrogen-bond donors (Lipinski definition) is 0. The lowest BCUT2D eigenvalue weighted by atomic mass is 10.0. The van der Waals surface area contributed by atoms with Crippen LogP contribution in [0, 0.1) is 0 Å². The van der Waals surface area contributed by atoms with Crippen LogP contribution >= 0.6 is 0 Å². The second-order valence-electron chi connectivity index (χ2n) is 19.2. The highest BCUT2D eigenvalue weighted by molar-refractivity contribution is 5.71. The summed E-state index contributed by atoms with van der Waals surface area (Å²) < 4.78 is 16.8. The molecule has 392 valence electrons. The topological polar surface area (TPSA) is 78.9 Å². The highest BCUT2D eigenvalue weighted by atomic mass is 16.6. The van der Waals surface area contributed by atoms with Gasteiger partial charge in [-0.25, -0.2) is 0 Å². The van der Waals surface area contributed by atoms with Crippen LogP contribution in [0.2, 0.25) is 0 Å². The van der Waals surface area contributed by atoms with Gasteiger partial charge in [0.2, 0.25) is 0 Å². The van der Waals surface area contributed by atoms with Gasteiger partial charge in [-0.2, -0.15) is 0 Å². The predicted octanol–water partition coefficient (Wildman–Crippen LogP) is 19.4. The molecule has 0 aromatic carbocycles. The molecule has 0 aromatic heterocycles. The van der Waals surface area contributed by atoms with Gasteiger partial charge >= 0.3 is 17.9 Å². The summed E-state index contributed by atoms with van der Waals surface area (Å²) in [7, 11) is 0. The maximum absolute atomic E-state index is 12.8. The molecule has 68 heavy (non-hydrogen) atoms. The number of esters is 3. The molecule has 1 atom stereocenters. The van der Waals surface area contributed by atoms with E-state index in [1.807, 2.05) is 0 Å². The number of hydrogen-bond acceptors (Lipinski definition) is 6. The van der Waals surface area contributed by atoms with Crippen LogP contribution in [0.4, 0.5) is 0 Å². The van der Waals surface area contributed by atoms with Gasteiger partial charge in [-0.3, -0.25) is 14.4 Å². The molecule has 0 heterocycles. The van der Waals surface area contributed by atoms with Crippen LogP contribution in [0.3, 0.4) is 0 Å². The molecule has 0 fully saturated rings. The Morgan fingerprint density at radius 1 is 0.309 bits per heavy atom. The van der Waals surface area contributed by atoms with Crippen LogP contribution in [0.5, 0.6) is 0 Å². The third-order valence-corrected chi connectivity index (χ3v) is 12.5. The molecule has 0 rings (SSSR count). The first-order valence-corrected chi connectivity index (χ1v) is 28.9. The van der Waals surface area contributed by atoms with Crippen molar-refractivity contribution in [1.29, 1.82) is 0 Å². The molecule has 0 aromatic rings. The largest absolute Gasteiger partial charge is 0.462 e. The Morgan fingerprint density at radius 2 is 0.574 bits per heavy atom. The van der Waals surface area contributed by atoms with E-state index in [1.54, 1.807) is 0 Å². The molecule has 0 amide bonds. The van der Waals surface area contributed by atoms with Crippen molar-refractivity contribution in [3.05, 3.63) is 72.9 Å². The molecule has 0 aliphatic heterocycles. The highest BCUT2D eigenvalue weighted by Crippen LogP contribution is 2.16. The van der Waals surface area contributed by atoms with E-state index in [0.717, 1.165) is 109 Å². The third-order valence-electron chi connectivity index (χ3n) is 12.5. The number of carbonyl (C=O) groups excluding carboxylic acids is 3. The van der Waals surface area contributed by atoms with Crippen molar-refractivity contribution in [2.24, 2.45) is 0 Å². The summed E-state index contributed by atoms with van der Waals surface area (Å²) in [6.07, 6.45) is 71.7. The molecule has 6 heteroatoms. The summed E-state index contributed by atoms with van der Waals surface area (Å²) in [5.74, 6) is -0.895. The molecule has 0 aliphatic carbocycles. The van der Waals surface area contributed by atoms with Crippen molar-refractivity contribution < 1.29 is 28.6 Å². The number of carbonyl (C=O) groups is 3. The summed E-state index contributed by atoms with van der Waals surface area (Å²) in [5.41, 5.74) is 0. The first-order valence-electron chi connectivity index (χ1n) is 28.9. The molecule has 0 saturated carbocycles. The van der Waals surface area contributed by atoms with E-state index >= 15 is 0 Å². The lowest BCUT2D eigenvalue weighted by Gasteiger charge is -2.18. The third kappa shape index (κ3) is 53.8. The zero-order chi connectivity index (χ0) is 49.3. The molecule has 0 aliphatic rings. The standard InChI is InChI=1S/C62H108O6/c1-4-7-10-13-16-19-22-25-27-28-29-30-31-32-33-34-36-37-40-43-46-49-52-55-61(64)67-58-59(57-66-60(63)54-51-48-45-42-39-24-21-18-15-12-9-6-3)68-62(65)56-53-50-47-44-41-38-35-26-23-20-17-14-11-8-5-2/h7,10,16,19,25,27,29-30,32-33,36-37,59H,4-6,8-9,11-15,17-18,20-24,26,28,31,34-35,38-58H2,1-3H3/b10-7-,19-16-,27-25-,30-29-,33-32-,37-36-. The predicted molar refractivity (Wildman–Crippen MR) is 293 cm³/mol. The first-order chi connectivity index (χ1) is 33.5. The molecule has 6 nitrogen and oxygen atoms in total. The zero-order valence-electron chi connectivity index (χ0n) is 44.9. The molecule has 0 spiro atoms. The summed E-state index contributed by atoms with van der Waals surface area (Å²) in [6, 6.07) is 0. The maximum Gasteiger partial charge on any atom is 0.306 e. The van der Waals surface area contributed by atoms with Crippen molar-refractivity contribution in [2.75, 3.05) is 13.2 Å². The highest BCUT2D eigenvalue weighted by Gasteiger charge is 2.19. The van der Waals surface area contributed by atoms with Gasteiger partial charge in [-0.1, -0.05) is 267 Å². The maximum atomic E-state index is 12.8. The average molecular weight is 950 g/mol. The van der Waals surface area contributed by atoms with E-state index in [1.165, 1.54) is 135 Å². The SMILES string of the molecule is CC/C=C\C/C=C\C/C=C\C/C=C\C/C=C\C/C=C\CCCCCCC(=O)OCC(COC(=O)CCCCCCCCCCCCCC)OC(=O)CCCCCCCCCCCCCCCCC. The summed E-state index contributed by atoms with van der Waals surface area (Å²) in [4.78, 5) is 38.1. The molecule has 0 radical (unpaired) electrons. The van der Waals surface area contributed by atoms with Gasteiger partial charge in [-0.15, -0.1) is 0 Å². The Kier molecular flexibility index (Phi) is 53.8. The minimum Gasteiger partial charge on any atom is -0.462 e. The van der Waals surface area contributed by atoms with Gasteiger partial charge in [0.1, 0.15) is 13.2 Å². The van der Waals surface area contributed by atoms with Crippen LogP contribution in [-0.2, 0) is 28.6 Å². The van der Waals surface area contributed by atoms with Crippen molar-refractivity contribution in [2.45, 2.75) is 290 Å².